The van der Waals surface area contributed by atoms with Crippen molar-refractivity contribution in [2.45, 2.75) is 46.0 Å². The van der Waals surface area contributed by atoms with Crippen LogP contribution < -0.4 is 10.1 Å². The molecule has 1 aliphatic rings. The Morgan fingerprint density at radius 1 is 1.26 bits per heavy atom. The fraction of sp³-hybridized carbons (Fsp3) is 0.556. The topological polar surface area (TPSA) is 64.6 Å². The number of methoxy groups -OCH3 is 1. The second kappa shape index (κ2) is 7.49. The minimum Gasteiger partial charge on any atom is -0.493 e. The summed E-state index contributed by atoms with van der Waals surface area (Å²) in [5.74, 6) is 0.0103. The fourth-order valence-electron chi connectivity index (χ4n) is 2.88. The Hall–Kier alpha value is -2.04. The van der Waals surface area contributed by atoms with Crippen LogP contribution in [0.4, 0.5) is 5.69 Å². The van der Waals surface area contributed by atoms with Gasteiger partial charge in [0.2, 0.25) is 5.91 Å². The molecule has 0 bridgehead atoms. The quantitative estimate of drug-likeness (QED) is 0.810. The zero-order valence-electron chi connectivity index (χ0n) is 14.1. The van der Waals surface area contributed by atoms with Crippen LogP contribution in [0.1, 0.15) is 56.3 Å². The molecule has 1 aromatic carbocycles. The fourth-order valence-corrected chi connectivity index (χ4v) is 2.88. The number of benzene rings is 1. The van der Waals surface area contributed by atoms with Gasteiger partial charge in [0.15, 0.2) is 0 Å². The average molecular weight is 319 g/mol. The third-order valence-corrected chi connectivity index (χ3v) is 4.36. The predicted octanol–water partition coefficient (Wildman–Crippen LogP) is 3.78. The van der Waals surface area contributed by atoms with Crippen LogP contribution in [0.15, 0.2) is 18.2 Å². The van der Waals surface area contributed by atoms with Gasteiger partial charge in [-0.2, -0.15) is 0 Å². The number of esters is 1. The van der Waals surface area contributed by atoms with Gasteiger partial charge in [-0.05, 0) is 37.5 Å². The van der Waals surface area contributed by atoms with Crippen molar-refractivity contribution in [3.8, 4) is 5.75 Å². The third-order valence-electron chi connectivity index (χ3n) is 4.36. The number of carbonyl (C=O) groups is 2. The van der Waals surface area contributed by atoms with Gasteiger partial charge in [0, 0.05) is 11.1 Å². The van der Waals surface area contributed by atoms with E-state index in [1.54, 1.807) is 18.2 Å². The highest BCUT2D eigenvalue weighted by Crippen LogP contribution is 2.38. The van der Waals surface area contributed by atoms with E-state index in [2.05, 4.69) is 5.32 Å². The maximum Gasteiger partial charge on any atom is 0.341 e. The molecule has 0 atom stereocenters. The monoisotopic (exact) mass is 319 g/mol. The summed E-state index contributed by atoms with van der Waals surface area (Å²) in [7, 11) is 1.33. The number of hydrogen-bond acceptors (Lipinski definition) is 4. The highest BCUT2D eigenvalue weighted by Gasteiger charge is 2.36. The van der Waals surface area contributed by atoms with E-state index in [4.69, 9.17) is 9.47 Å². The molecule has 0 aromatic heterocycles. The predicted molar refractivity (Wildman–Crippen MR) is 88.8 cm³/mol. The zero-order chi connectivity index (χ0) is 16.9. The number of hydrogen-bond donors (Lipinski definition) is 1. The maximum atomic E-state index is 12.5. The highest BCUT2D eigenvalue weighted by atomic mass is 16.5. The summed E-state index contributed by atoms with van der Waals surface area (Å²) in [6, 6.07) is 5.08. The number of nitrogens with one attached hydrogen (secondary N) is 1. The molecule has 2 rings (SSSR count). The summed E-state index contributed by atoms with van der Waals surface area (Å²) >= 11 is 0. The molecule has 1 aliphatic carbocycles. The van der Waals surface area contributed by atoms with Crippen LogP contribution in [0.5, 0.6) is 5.75 Å². The molecule has 1 saturated carbocycles. The molecule has 23 heavy (non-hydrogen) atoms. The lowest BCUT2D eigenvalue weighted by Crippen LogP contribution is -2.30. The van der Waals surface area contributed by atoms with Gasteiger partial charge >= 0.3 is 5.97 Å². The molecule has 0 heterocycles. The lowest BCUT2D eigenvalue weighted by molar-refractivity contribution is -0.124. The molecular formula is C18H25NO4. The second-order valence-corrected chi connectivity index (χ2v) is 6.27. The molecule has 126 valence electrons. The van der Waals surface area contributed by atoms with Crippen LogP contribution in [-0.4, -0.2) is 25.6 Å². The van der Waals surface area contributed by atoms with E-state index >= 15 is 0 Å². The van der Waals surface area contributed by atoms with E-state index in [1.807, 2.05) is 13.8 Å². The summed E-state index contributed by atoms with van der Waals surface area (Å²) in [4.78, 5) is 24.4. The first kappa shape index (κ1) is 17.3. The lowest BCUT2D eigenvalue weighted by atomic mass is 9.88. The summed E-state index contributed by atoms with van der Waals surface area (Å²) in [6.07, 6.45) is 4.82. The molecule has 5 heteroatoms. The summed E-state index contributed by atoms with van der Waals surface area (Å²) in [6.45, 7) is 4.51. The van der Waals surface area contributed by atoms with Crippen molar-refractivity contribution in [3.05, 3.63) is 23.8 Å². The Morgan fingerprint density at radius 2 is 1.96 bits per heavy atom. The number of ether oxygens (including phenoxy) is 2. The smallest absolute Gasteiger partial charge is 0.341 e. The van der Waals surface area contributed by atoms with Crippen LogP contribution in [0.3, 0.4) is 0 Å². The lowest BCUT2D eigenvalue weighted by Gasteiger charge is -2.22. The van der Waals surface area contributed by atoms with Gasteiger partial charge in [-0.1, -0.05) is 26.7 Å². The Morgan fingerprint density at radius 3 is 2.57 bits per heavy atom. The molecule has 1 N–H and O–H groups in total. The normalized spacial score (nSPS) is 16.0. The summed E-state index contributed by atoms with van der Waals surface area (Å²) in [5, 5.41) is 2.92. The van der Waals surface area contributed by atoms with E-state index in [-0.39, 0.29) is 11.3 Å². The van der Waals surface area contributed by atoms with Crippen molar-refractivity contribution in [3.63, 3.8) is 0 Å². The van der Waals surface area contributed by atoms with Crippen molar-refractivity contribution >= 4 is 17.6 Å². The summed E-state index contributed by atoms with van der Waals surface area (Å²) in [5.41, 5.74) is 0.603. The van der Waals surface area contributed by atoms with Gasteiger partial charge < -0.3 is 14.8 Å². The maximum absolute atomic E-state index is 12.5. The minimum atomic E-state index is -0.473. The Bertz CT molecular complexity index is 576. The first-order valence-corrected chi connectivity index (χ1v) is 8.17. The van der Waals surface area contributed by atoms with Gasteiger partial charge in [-0.25, -0.2) is 4.79 Å². The van der Waals surface area contributed by atoms with Crippen molar-refractivity contribution in [2.24, 2.45) is 5.41 Å². The minimum absolute atomic E-state index is 0.00745. The van der Waals surface area contributed by atoms with E-state index in [0.717, 1.165) is 32.1 Å². The molecule has 0 radical (unpaired) electrons. The standard InChI is InChI=1S/C18H25NO4/c1-4-11-23-15-8-7-13(12-14(15)16(20)22-3)19-17(21)18(2)9-5-6-10-18/h7-8,12H,4-6,9-11H2,1-3H3,(H,19,21). The van der Waals surface area contributed by atoms with Crippen LogP contribution in [0.2, 0.25) is 0 Å². The SMILES string of the molecule is CCCOc1ccc(NC(=O)C2(C)CCCC2)cc1C(=O)OC. The van der Waals surface area contributed by atoms with E-state index in [9.17, 15) is 9.59 Å². The van der Waals surface area contributed by atoms with E-state index in [0.29, 0.717) is 23.6 Å². The van der Waals surface area contributed by atoms with E-state index < -0.39 is 5.97 Å². The van der Waals surface area contributed by atoms with Crippen molar-refractivity contribution in [1.29, 1.82) is 0 Å². The molecule has 0 spiro atoms. The summed E-state index contributed by atoms with van der Waals surface area (Å²) < 4.78 is 10.4. The van der Waals surface area contributed by atoms with Gasteiger partial charge in [0.1, 0.15) is 11.3 Å². The van der Waals surface area contributed by atoms with Crippen molar-refractivity contribution in [2.75, 3.05) is 19.0 Å². The Labute approximate surface area is 137 Å². The van der Waals surface area contributed by atoms with Gasteiger partial charge in [-0.3, -0.25) is 4.79 Å². The van der Waals surface area contributed by atoms with E-state index in [1.165, 1.54) is 7.11 Å². The Kier molecular flexibility index (Phi) is 5.64. The molecule has 0 unspecified atom stereocenters. The average Bonchev–Trinajstić information content (AvgIpc) is 3.01. The number of amides is 1. The molecule has 0 aliphatic heterocycles. The first-order chi connectivity index (χ1) is 11.0. The number of rotatable bonds is 6. The molecule has 0 saturated heterocycles. The molecular weight excluding hydrogens is 294 g/mol. The van der Waals surface area contributed by atoms with Crippen molar-refractivity contribution in [1.82, 2.24) is 0 Å². The first-order valence-electron chi connectivity index (χ1n) is 8.17. The van der Waals surface area contributed by atoms with Crippen LogP contribution >= 0.6 is 0 Å². The highest BCUT2D eigenvalue weighted by molar-refractivity contribution is 5.98. The van der Waals surface area contributed by atoms with Gasteiger partial charge in [0.05, 0.1) is 13.7 Å². The van der Waals surface area contributed by atoms with Crippen LogP contribution in [-0.2, 0) is 9.53 Å². The zero-order valence-corrected chi connectivity index (χ0v) is 14.1. The van der Waals surface area contributed by atoms with Crippen molar-refractivity contribution < 1.29 is 19.1 Å². The third kappa shape index (κ3) is 4.03. The van der Waals surface area contributed by atoms with Gasteiger partial charge in [-0.15, -0.1) is 0 Å². The molecule has 1 aromatic rings. The number of carbonyl (C=O) groups excluding carboxylic acids is 2. The van der Waals surface area contributed by atoms with Crippen LogP contribution in [0, 0.1) is 5.41 Å². The number of anilines is 1. The molecule has 1 fully saturated rings. The Balaban J connectivity index is 2.19. The second-order valence-electron chi connectivity index (χ2n) is 6.27. The molecule has 1 amide bonds. The largest absolute Gasteiger partial charge is 0.493 e. The molecule has 5 nitrogen and oxygen atoms in total. The van der Waals surface area contributed by atoms with Gasteiger partial charge in [0.25, 0.3) is 0 Å². The van der Waals surface area contributed by atoms with Crippen LogP contribution in [0.25, 0.3) is 0 Å².